The van der Waals surface area contributed by atoms with Gasteiger partial charge >= 0.3 is 5.97 Å². The van der Waals surface area contributed by atoms with Crippen molar-refractivity contribution in [1.29, 1.82) is 0 Å². The molecule has 0 radical (unpaired) electrons. The van der Waals surface area contributed by atoms with Crippen molar-refractivity contribution in [3.8, 4) is 0 Å². The summed E-state index contributed by atoms with van der Waals surface area (Å²) in [6, 6.07) is 7.32. The van der Waals surface area contributed by atoms with Crippen LogP contribution >= 0.6 is 34.7 Å². The Hall–Kier alpha value is -1.57. The van der Waals surface area contributed by atoms with Crippen molar-refractivity contribution in [2.75, 3.05) is 18.2 Å². The molecule has 1 heterocycles. The molecule has 1 aromatic carbocycles. The van der Waals surface area contributed by atoms with Gasteiger partial charge in [-0.2, -0.15) is 0 Å². The molecular weight excluding hydrogens is 344 g/mol. The van der Waals surface area contributed by atoms with Crippen LogP contribution in [0.2, 0.25) is 5.02 Å². The van der Waals surface area contributed by atoms with E-state index in [1.807, 2.05) is 18.2 Å². The molecule has 22 heavy (non-hydrogen) atoms. The standard InChI is InChI=1S/C14H13ClN2O3S2/c1-8-12(13(19)20-2)22-14(16-8)17-11(18)7-21-10-6-4-3-5-9(10)15/h3-6H,7H2,1-2H3,(H,16,17,18). The highest BCUT2D eigenvalue weighted by atomic mass is 35.5. The number of nitrogens with zero attached hydrogens (tertiary/aromatic N) is 1. The van der Waals surface area contributed by atoms with Gasteiger partial charge in [-0.1, -0.05) is 35.1 Å². The largest absolute Gasteiger partial charge is 0.465 e. The minimum Gasteiger partial charge on any atom is -0.465 e. The average molecular weight is 357 g/mol. The number of amides is 1. The monoisotopic (exact) mass is 356 g/mol. The fourth-order valence-electron chi connectivity index (χ4n) is 1.59. The molecule has 2 aromatic rings. The number of halogens is 1. The number of hydrogen-bond donors (Lipinski definition) is 1. The van der Waals surface area contributed by atoms with Crippen LogP contribution in [-0.2, 0) is 9.53 Å². The van der Waals surface area contributed by atoms with Crippen LogP contribution in [0.15, 0.2) is 29.2 Å². The summed E-state index contributed by atoms with van der Waals surface area (Å²) in [6.07, 6.45) is 0. The van der Waals surface area contributed by atoms with Gasteiger partial charge in [0.1, 0.15) is 4.88 Å². The van der Waals surface area contributed by atoms with Crippen molar-refractivity contribution in [3.63, 3.8) is 0 Å². The van der Waals surface area contributed by atoms with Crippen LogP contribution in [0.5, 0.6) is 0 Å². The summed E-state index contributed by atoms with van der Waals surface area (Å²) < 4.78 is 4.65. The van der Waals surface area contributed by atoms with Gasteiger partial charge in [0.25, 0.3) is 0 Å². The van der Waals surface area contributed by atoms with Crippen molar-refractivity contribution in [2.24, 2.45) is 0 Å². The summed E-state index contributed by atoms with van der Waals surface area (Å²) in [6.45, 7) is 1.69. The first-order valence-electron chi connectivity index (χ1n) is 6.24. The third-order valence-electron chi connectivity index (χ3n) is 2.61. The first kappa shape index (κ1) is 16.8. The fourth-order valence-corrected chi connectivity index (χ4v) is 3.53. The molecule has 1 amide bonds. The van der Waals surface area contributed by atoms with Gasteiger partial charge in [0.15, 0.2) is 5.13 Å². The smallest absolute Gasteiger partial charge is 0.350 e. The molecule has 0 aliphatic rings. The molecule has 8 heteroatoms. The lowest BCUT2D eigenvalue weighted by atomic mass is 10.4. The predicted molar refractivity (Wildman–Crippen MR) is 89.0 cm³/mol. The first-order valence-corrected chi connectivity index (χ1v) is 8.42. The minimum atomic E-state index is -0.457. The quantitative estimate of drug-likeness (QED) is 0.654. The molecule has 0 aliphatic heterocycles. The van der Waals surface area contributed by atoms with E-state index in [4.69, 9.17) is 11.6 Å². The van der Waals surface area contributed by atoms with Crippen LogP contribution in [-0.4, -0.2) is 29.7 Å². The molecule has 0 atom stereocenters. The van der Waals surface area contributed by atoms with Crippen molar-refractivity contribution in [3.05, 3.63) is 39.9 Å². The second-order valence-corrected chi connectivity index (χ2v) is 6.62. The van der Waals surface area contributed by atoms with E-state index in [0.29, 0.717) is 20.7 Å². The van der Waals surface area contributed by atoms with E-state index >= 15 is 0 Å². The molecule has 0 unspecified atom stereocenters. The van der Waals surface area contributed by atoms with Crippen molar-refractivity contribution < 1.29 is 14.3 Å². The number of aryl methyl sites for hydroxylation is 1. The number of esters is 1. The van der Waals surface area contributed by atoms with E-state index < -0.39 is 5.97 Å². The van der Waals surface area contributed by atoms with Crippen LogP contribution in [0.4, 0.5) is 5.13 Å². The zero-order valence-corrected chi connectivity index (χ0v) is 14.3. The zero-order chi connectivity index (χ0) is 16.1. The molecule has 5 nitrogen and oxygen atoms in total. The Morgan fingerprint density at radius 1 is 1.41 bits per heavy atom. The molecule has 0 fully saturated rings. The number of carbonyl (C=O) groups excluding carboxylic acids is 2. The number of nitrogens with one attached hydrogen (secondary N) is 1. The summed E-state index contributed by atoms with van der Waals surface area (Å²) >= 11 is 8.46. The van der Waals surface area contributed by atoms with Crippen LogP contribution in [0.1, 0.15) is 15.4 Å². The highest BCUT2D eigenvalue weighted by molar-refractivity contribution is 8.00. The topological polar surface area (TPSA) is 68.3 Å². The number of methoxy groups -OCH3 is 1. The van der Waals surface area contributed by atoms with Gasteiger partial charge in [0, 0.05) is 4.90 Å². The summed E-state index contributed by atoms with van der Waals surface area (Å²) in [4.78, 5) is 28.8. The fraction of sp³-hybridized carbons (Fsp3) is 0.214. The molecule has 0 aliphatic carbocycles. The summed E-state index contributed by atoms with van der Waals surface area (Å²) in [5, 5.41) is 3.66. The van der Waals surface area contributed by atoms with Crippen LogP contribution in [0, 0.1) is 6.92 Å². The van der Waals surface area contributed by atoms with E-state index in [2.05, 4.69) is 15.0 Å². The van der Waals surface area contributed by atoms with Gasteiger partial charge in [-0.15, -0.1) is 11.8 Å². The zero-order valence-electron chi connectivity index (χ0n) is 11.9. The Labute approximate surface area is 141 Å². The number of ether oxygens (including phenoxy) is 1. The second-order valence-electron chi connectivity index (χ2n) is 4.19. The average Bonchev–Trinajstić information content (AvgIpc) is 2.86. The molecule has 116 valence electrons. The Morgan fingerprint density at radius 3 is 2.82 bits per heavy atom. The highest BCUT2D eigenvalue weighted by Crippen LogP contribution is 2.27. The van der Waals surface area contributed by atoms with Gasteiger partial charge in [-0.3, -0.25) is 4.79 Å². The number of carbonyl (C=O) groups is 2. The van der Waals surface area contributed by atoms with Gasteiger partial charge in [0.05, 0.1) is 23.6 Å². The lowest BCUT2D eigenvalue weighted by molar-refractivity contribution is -0.113. The van der Waals surface area contributed by atoms with Gasteiger partial charge in [-0.05, 0) is 19.1 Å². The molecule has 1 N–H and O–H groups in total. The molecule has 0 saturated carbocycles. The number of thiazole rings is 1. The summed E-state index contributed by atoms with van der Waals surface area (Å²) in [7, 11) is 1.31. The van der Waals surface area contributed by atoms with Crippen LogP contribution < -0.4 is 5.32 Å². The van der Waals surface area contributed by atoms with E-state index in [9.17, 15) is 9.59 Å². The third kappa shape index (κ3) is 4.22. The molecule has 0 saturated heterocycles. The van der Waals surface area contributed by atoms with Gasteiger partial charge in [0.2, 0.25) is 5.91 Å². The number of hydrogen-bond acceptors (Lipinski definition) is 6. The van der Waals surface area contributed by atoms with E-state index in [-0.39, 0.29) is 11.7 Å². The predicted octanol–water partition coefficient (Wildman–Crippen LogP) is 3.62. The number of thioether (sulfide) groups is 1. The first-order chi connectivity index (χ1) is 10.5. The third-order valence-corrected chi connectivity index (χ3v) is 5.18. The SMILES string of the molecule is COC(=O)c1sc(NC(=O)CSc2ccccc2Cl)nc1C. The second kappa shape index (κ2) is 7.62. The van der Waals surface area contributed by atoms with Gasteiger partial charge < -0.3 is 10.1 Å². The van der Waals surface area contributed by atoms with Gasteiger partial charge in [-0.25, -0.2) is 9.78 Å². The van der Waals surface area contributed by atoms with Crippen molar-refractivity contribution in [2.45, 2.75) is 11.8 Å². The maximum absolute atomic E-state index is 11.9. The van der Waals surface area contributed by atoms with E-state index in [1.54, 1.807) is 13.0 Å². The van der Waals surface area contributed by atoms with Crippen molar-refractivity contribution in [1.82, 2.24) is 4.98 Å². The maximum Gasteiger partial charge on any atom is 0.350 e. The summed E-state index contributed by atoms with van der Waals surface area (Å²) in [5.41, 5.74) is 0.533. The molecule has 1 aromatic heterocycles. The van der Waals surface area contributed by atoms with Crippen molar-refractivity contribution >= 4 is 51.7 Å². The normalized spacial score (nSPS) is 10.3. The minimum absolute atomic E-state index is 0.204. The highest BCUT2D eigenvalue weighted by Gasteiger charge is 2.17. The Bertz CT molecular complexity index is 703. The number of anilines is 1. The Morgan fingerprint density at radius 2 is 2.14 bits per heavy atom. The van der Waals surface area contributed by atoms with Crippen LogP contribution in [0.3, 0.4) is 0 Å². The van der Waals surface area contributed by atoms with E-state index in [0.717, 1.165) is 16.2 Å². The molecule has 0 spiro atoms. The molecular formula is C14H13ClN2O3S2. The summed E-state index contributed by atoms with van der Waals surface area (Å²) in [5.74, 6) is -0.466. The number of rotatable bonds is 5. The van der Waals surface area contributed by atoms with Crippen LogP contribution in [0.25, 0.3) is 0 Å². The number of benzene rings is 1. The molecule has 0 bridgehead atoms. The Kier molecular flexibility index (Phi) is 5.82. The van der Waals surface area contributed by atoms with E-state index in [1.165, 1.54) is 18.9 Å². The lowest BCUT2D eigenvalue weighted by Gasteiger charge is -2.03. The maximum atomic E-state index is 11.9. The molecule has 2 rings (SSSR count). The lowest BCUT2D eigenvalue weighted by Crippen LogP contribution is -2.13. The number of aromatic nitrogens is 1. The Balaban J connectivity index is 1.95.